The summed E-state index contributed by atoms with van der Waals surface area (Å²) in [7, 11) is 0. The fraction of sp³-hybridized carbons (Fsp3) is 0.667. The Morgan fingerprint density at radius 3 is 1.38 bits per heavy atom. The number of rotatable bonds is 8. The van der Waals surface area contributed by atoms with Crippen LogP contribution in [0.15, 0.2) is 0 Å². The number of likely N-dealkylation sites (tertiary alicyclic amines) is 2. The molecule has 4 aliphatic rings. The topological polar surface area (TPSA) is 228 Å². The molecule has 3 aliphatic heterocycles. The molecule has 4 fully saturated rings. The number of cyclic esters (lactones) is 2. The molecule has 1 saturated carbocycles. The molecule has 0 bridgehead atoms. The van der Waals surface area contributed by atoms with Gasteiger partial charge in [-0.1, -0.05) is 12.8 Å². The lowest BCUT2D eigenvalue weighted by molar-refractivity contribution is -0.205. The maximum Gasteiger partial charge on any atom is 0.421 e. The van der Waals surface area contributed by atoms with Gasteiger partial charge in [0.25, 0.3) is 0 Å². The molecule has 0 aromatic rings. The Balaban J connectivity index is 1.30. The maximum absolute atomic E-state index is 12.4. The summed E-state index contributed by atoms with van der Waals surface area (Å²) in [5, 5.41) is 10.4. The molecule has 3 saturated heterocycles. The van der Waals surface area contributed by atoms with E-state index in [-0.39, 0.29) is 75.5 Å². The summed E-state index contributed by atoms with van der Waals surface area (Å²) in [6, 6.07) is -0.968. The van der Waals surface area contributed by atoms with Gasteiger partial charge in [0.2, 0.25) is 23.6 Å². The quantitative estimate of drug-likeness (QED) is 0.134. The lowest BCUT2D eigenvalue weighted by atomic mass is 9.90. The number of nitrogens with one attached hydrogen (secondary N) is 4. The van der Waals surface area contributed by atoms with E-state index in [4.69, 9.17) is 18.9 Å². The number of hydrogen-bond acceptors (Lipinski definition) is 14. The number of ether oxygens (including phenoxy) is 4. The molecule has 4 N–H and O–H groups in total. The molecule has 18 nitrogen and oxygen atoms in total. The Kier molecular flexibility index (Phi) is 10.2. The first-order valence-corrected chi connectivity index (χ1v) is 13.6. The van der Waals surface area contributed by atoms with Crippen LogP contribution in [0.1, 0.15) is 51.4 Å². The first-order valence-electron chi connectivity index (χ1n) is 13.6. The molecule has 0 spiro atoms. The third-order valence-electron chi connectivity index (χ3n) is 7.01. The molecule has 1 aliphatic carbocycles. The van der Waals surface area contributed by atoms with Crippen molar-refractivity contribution in [3.8, 4) is 0 Å². The summed E-state index contributed by atoms with van der Waals surface area (Å²) >= 11 is 0. The number of carbonyl (C=O) groups is 8. The molecular weight excluding hydrogens is 564 g/mol. The van der Waals surface area contributed by atoms with E-state index in [0.29, 0.717) is 12.8 Å². The number of esters is 2. The number of nitrogens with zero attached hydrogens (tertiary/aromatic N) is 2. The van der Waals surface area contributed by atoms with Gasteiger partial charge < -0.3 is 29.6 Å². The first kappa shape index (κ1) is 30.6. The lowest BCUT2D eigenvalue weighted by Crippen LogP contribution is -2.60. The van der Waals surface area contributed by atoms with Gasteiger partial charge in [0, 0.05) is 63.9 Å². The highest BCUT2D eigenvalue weighted by atomic mass is 16.8. The third-order valence-corrected chi connectivity index (χ3v) is 7.01. The fourth-order valence-electron chi connectivity index (χ4n) is 4.92. The Hall–Kier alpha value is -4.32. The molecule has 2 unspecified atom stereocenters. The largest absolute Gasteiger partial charge is 0.421 e. The molecule has 0 aromatic carbocycles. The second-order valence-electron chi connectivity index (χ2n) is 9.85. The number of alkyl carbamates (subject to hydrolysis) is 2. The average molecular weight is 597 g/mol. The highest BCUT2D eigenvalue weighted by Gasteiger charge is 2.38. The number of imide groups is 2. The fourth-order valence-corrected chi connectivity index (χ4v) is 4.92. The van der Waals surface area contributed by atoms with Crippen molar-refractivity contribution in [1.82, 2.24) is 31.1 Å². The highest BCUT2D eigenvalue weighted by Crippen LogP contribution is 2.21. The van der Waals surface area contributed by atoms with Gasteiger partial charge in [-0.05, 0) is 12.8 Å². The van der Waals surface area contributed by atoms with Crippen LogP contribution in [0.3, 0.4) is 0 Å². The van der Waals surface area contributed by atoms with E-state index in [0.717, 1.165) is 22.6 Å². The van der Waals surface area contributed by atoms with Crippen LogP contribution in [0.5, 0.6) is 0 Å². The van der Waals surface area contributed by atoms with Gasteiger partial charge in [0.05, 0.1) is 0 Å². The van der Waals surface area contributed by atoms with Crippen molar-refractivity contribution in [2.24, 2.45) is 0 Å². The summed E-state index contributed by atoms with van der Waals surface area (Å²) in [6.07, 6.45) is -2.44. The van der Waals surface area contributed by atoms with Crippen molar-refractivity contribution in [1.29, 1.82) is 0 Å². The lowest BCUT2D eigenvalue weighted by Gasteiger charge is -2.37. The smallest absolute Gasteiger partial charge is 0.402 e. The molecule has 42 heavy (non-hydrogen) atoms. The zero-order valence-electron chi connectivity index (χ0n) is 22.6. The minimum absolute atomic E-state index is 0.0605. The summed E-state index contributed by atoms with van der Waals surface area (Å²) in [6.45, 7) is -0.346. The molecular formula is C24H32N6O12. The number of hydrogen-bond donors (Lipinski definition) is 4. The van der Waals surface area contributed by atoms with Crippen molar-refractivity contribution >= 4 is 47.8 Å². The van der Waals surface area contributed by atoms with Gasteiger partial charge in [-0.15, -0.1) is 0 Å². The number of carbonyl (C=O) groups excluding carboxylic acids is 8. The van der Waals surface area contributed by atoms with Crippen LogP contribution in [0.25, 0.3) is 0 Å². The molecule has 230 valence electrons. The predicted molar refractivity (Wildman–Crippen MR) is 133 cm³/mol. The van der Waals surface area contributed by atoms with Crippen molar-refractivity contribution in [3.63, 3.8) is 0 Å². The Morgan fingerprint density at radius 2 is 1.02 bits per heavy atom. The van der Waals surface area contributed by atoms with Crippen LogP contribution in [-0.2, 0) is 47.7 Å². The summed E-state index contributed by atoms with van der Waals surface area (Å²) in [4.78, 5) is 98.3. The Labute approximate surface area is 239 Å². The minimum atomic E-state index is -1.69. The van der Waals surface area contributed by atoms with E-state index < -0.39 is 49.0 Å². The van der Waals surface area contributed by atoms with Gasteiger partial charge in [0.1, 0.15) is 0 Å². The zero-order chi connectivity index (χ0) is 30.2. The van der Waals surface area contributed by atoms with Crippen LogP contribution < -0.4 is 21.3 Å². The van der Waals surface area contributed by atoms with Crippen molar-refractivity contribution < 1.29 is 57.3 Å². The van der Waals surface area contributed by atoms with Crippen LogP contribution in [0, 0.1) is 0 Å². The second kappa shape index (κ2) is 14.0. The van der Waals surface area contributed by atoms with Gasteiger partial charge in [0.15, 0.2) is 0 Å². The Morgan fingerprint density at radius 1 is 0.667 bits per heavy atom. The summed E-state index contributed by atoms with van der Waals surface area (Å²) in [5.74, 6) is -4.48. The predicted octanol–water partition coefficient (Wildman–Crippen LogP) is -2.11. The molecule has 4 atom stereocenters. The van der Waals surface area contributed by atoms with Gasteiger partial charge >= 0.3 is 37.0 Å². The molecule has 0 radical (unpaired) electrons. The van der Waals surface area contributed by atoms with Crippen LogP contribution >= 0.6 is 0 Å². The van der Waals surface area contributed by atoms with Gasteiger partial charge in [-0.2, -0.15) is 0 Å². The number of fused-ring (bicyclic) bond motifs is 1. The Bertz CT molecular complexity index is 1010. The van der Waals surface area contributed by atoms with Crippen LogP contribution in [0.2, 0.25) is 0 Å². The molecule has 18 heteroatoms. The van der Waals surface area contributed by atoms with E-state index in [1.807, 2.05) is 0 Å². The van der Waals surface area contributed by atoms with Gasteiger partial charge in [-0.25, -0.2) is 29.8 Å². The summed E-state index contributed by atoms with van der Waals surface area (Å²) < 4.78 is 20.2. The standard InChI is InChI=1S/C24H32N6O12/c31-15-5-6-16(32)29(15)11-9-25-21(37)41-23-27-13-3-1-2-4-14(13)28-24(40-20(36)19(35)39-23)42-22(38)26-10-12-30-17(33)7-8-18(30)34/h13-14,23-24,27-28H,1-12H2,(H,25,37)(H,26,38)/t13-,14-,23?,24?/m1/s1. The van der Waals surface area contributed by atoms with Crippen molar-refractivity contribution in [2.45, 2.75) is 76.3 Å². The SMILES string of the molecule is O=C(NCCN1C(=O)CCC1=O)OC1N[C@@H]2CCCC[C@H]2NC(OC(=O)NCCN2C(=O)CCC2=O)OC(=O)C(=O)O1. The summed E-state index contributed by atoms with van der Waals surface area (Å²) in [5.41, 5.74) is 0. The van der Waals surface area contributed by atoms with Crippen LogP contribution in [-0.4, -0.2) is 109 Å². The normalized spacial score (nSPS) is 26.8. The van der Waals surface area contributed by atoms with E-state index in [9.17, 15) is 38.4 Å². The first-order chi connectivity index (χ1) is 20.1. The maximum atomic E-state index is 12.4. The van der Waals surface area contributed by atoms with Gasteiger partial charge in [-0.3, -0.25) is 29.0 Å². The monoisotopic (exact) mass is 596 g/mol. The molecule has 6 amide bonds. The van der Waals surface area contributed by atoms with E-state index in [2.05, 4.69) is 21.3 Å². The average Bonchev–Trinajstić information content (AvgIpc) is 3.43. The second-order valence-corrected chi connectivity index (χ2v) is 9.85. The highest BCUT2D eigenvalue weighted by molar-refractivity contribution is 6.29. The van der Waals surface area contributed by atoms with Crippen molar-refractivity contribution in [3.05, 3.63) is 0 Å². The van der Waals surface area contributed by atoms with E-state index >= 15 is 0 Å². The van der Waals surface area contributed by atoms with E-state index in [1.165, 1.54) is 0 Å². The van der Waals surface area contributed by atoms with E-state index in [1.54, 1.807) is 0 Å². The molecule has 3 heterocycles. The molecule has 0 aromatic heterocycles. The number of amides is 6. The molecule has 4 rings (SSSR count). The minimum Gasteiger partial charge on any atom is -0.402 e. The third kappa shape index (κ3) is 8.12. The zero-order valence-corrected chi connectivity index (χ0v) is 22.6. The van der Waals surface area contributed by atoms with Crippen LogP contribution in [0.4, 0.5) is 9.59 Å². The van der Waals surface area contributed by atoms with Crippen molar-refractivity contribution in [2.75, 3.05) is 26.2 Å².